The lowest BCUT2D eigenvalue weighted by Crippen LogP contribution is -2.30. The Morgan fingerprint density at radius 2 is 1.92 bits per heavy atom. The fourth-order valence-corrected chi connectivity index (χ4v) is 3.02. The largest absolute Gasteiger partial charge is 0.313 e. The van der Waals surface area contributed by atoms with Crippen LogP contribution >= 0.6 is 0 Å². The molecule has 3 heterocycles. The van der Waals surface area contributed by atoms with Crippen molar-refractivity contribution < 1.29 is 0 Å². The van der Waals surface area contributed by atoms with Crippen LogP contribution in [-0.2, 0) is 6.42 Å². The molecule has 0 saturated carbocycles. The maximum absolute atomic E-state index is 4.69. The van der Waals surface area contributed by atoms with Gasteiger partial charge in [-0.15, -0.1) is 0 Å². The summed E-state index contributed by atoms with van der Waals surface area (Å²) in [5.41, 5.74) is 3.14. The Balaban J connectivity index is 1.65. The van der Waals surface area contributed by atoms with Gasteiger partial charge in [-0.2, -0.15) is 0 Å². The van der Waals surface area contributed by atoms with Crippen LogP contribution in [-0.4, -0.2) is 33.9 Å². The smallest absolute Gasteiger partial charge is 0.138 e. The Kier molecular flexibility index (Phi) is 4.21. The summed E-state index contributed by atoms with van der Waals surface area (Å²) in [6.07, 6.45) is 4.41. The van der Waals surface area contributed by atoms with E-state index in [-0.39, 0.29) is 0 Å². The quantitative estimate of drug-likeness (QED) is 0.737. The van der Waals surface area contributed by atoms with Crippen molar-refractivity contribution in [2.75, 3.05) is 18.0 Å². The number of pyridine rings is 1. The van der Waals surface area contributed by atoms with E-state index in [4.69, 9.17) is 4.99 Å². The molecule has 1 aliphatic heterocycles. The van der Waals surface area contributed by atoms with Crippen LogP contribution < -0.4 is 4.90 Å². The molecule has 1 aromatic carbocycles. The van der Waals surface area contributed by atoms with Gasteiger partial charge in [0.1, 0.15) is 17.5 Å². The van der Waals surface area contributed by atoms with E-state index in [9.17, 15) is 0 Å². The number of anilines is 1. The minimum absolute atomic E-state index is 0.752. The third-order valence-corrected chi connectivity index (χ3v) is 4.19. The lowest BCUT2D eigenvalue weighted by atomic mass is 10.1. The van der Waals surface area contributed by atoms with Crippen molar-refractivity contribution >= 4 is 11.7 Å². The van der Waals surface area contributed by atoms with Gasteiger partial charge < -0.3 is 4.90 Å². The van der Waals surface area contributed by atoms with Gasteiger partial charge in [0.15, 0.2) is 0 Å². The van der Waals surface area contributed by atoms with Gasteiger partial charge in [-0.25, -0.2) is 9.97 Å². The van der Waals surface area contributed by atoms with Crippen molar-refractivity contribution in [2.24, 2.45) is 4.99 Å². The van der Waals surface area contributed by atoms with Crippen LogP contribution in [0.2, 0.25) is 0 Å². The number of nitrogens with zero attached hydrogens (tertiary/aromatic N) is 5. The molecular formula is C20H19N5. The van der Waals surface area contributed by atoms with E-state index in [2.05, 4.69) is 44.1 Å². The molecule has 0 radical (unpaired) electrons. The molecule has 25 heavy (non-hydrogen) atoms. The molecule has 2 aromatic heterocycles. The SMILES string of the molecule is Cc1nc(-c2cccnc2)cc(N2CCN=C2Cc2ccccc2)n1. The van der Waals surface area contributed by atoms with Crippen molar-refractivity contribution in [1.82, 2.24) is 15.0 Å². The maximum Gasteiger partial charge on any atom is 0.138 e. The molecule has 5 nitrogen and oxygen atoms in total. The van der Waals surface area contributed by atoms with Crippen LogP contribution in [0.4, 0.5) is 5.82 Å². The zero-order valence-electron chi connectivity index (χ0n) is 14.1. The third kappa shape index (κ3) is 3.40. The number of aryl methyl sites for hydroxylation is 1. The number of rotatable bonds is 4. The predicted molar refractivity (Wildman–Crippen MR) is 99.8 cm³/mol. The highest BCUT2D eigenvalue weighted by Gasteiger charge is 2.21. The summed E-state index contributed by atoms with van der Waals surface area (Å²) in [7, 11) is 0. The number of aromatic nitrogens is 3. The van der Waals surface area contributed by atoms with E-state index < -0.39 is 0 Å². The molecule has 5 heteroatoms. The molecule has 1 aliphatic rings. The standard InChI is InChI=1S/C20H19N5/c1-15-23-18(17-8-5-9-21-14-17)13-20(24-15)25-11-10-22-19(25)12-16-6-3-2-4-7-16/h2-9,13-14H,10-12H2,1H3. The Morgan fingerprint density at radius 1 is 1.04 bits per heavy atom. The Labute approximate surface area is 147 Å². The molecule has 0 atom stereocenters. The van der Waals surface area contributed by atoms with Crippen LogP contribution in [0.15, 0.2) is 65.9 Å². The molecule has 3 aromatic rings. The minimum atomic E-state index is 0.752. The molecule has 0 saturated heterocycles. The lowest BCUT2D eigenvalue weighted by Gasteiger charge is -2.20. The number of benzene rings is 1. The molecule has 0 spiro atoms. The zero-order valence-corrected chi connectivity index (χ0v) is 14.1. The highest BCUT2D eigenvalue weighted by atomic mass is 15.3. The first-order valence-electron chi connectivity index (χ1n) is 8.40. The van der Waals surface area contributed by atoms with Gasteiger partial charge in [-0.1, -0.05) is 30.3 Å². The Hall–Kier alpha value is -3.08. The Bertz CT molecular complexity index is 890. The zero-order chi connectivity index (χ0) is 17.1. The molecule has 0 fully saturated rings. The van der Waals surface area contributed by atoms with Crippen LogP contribution in [0.25, 0.3) is 11.3 Å². The van der Waals surface area contributed by atoms with Gasteiger partial charge in [0, 0.05) is 37.0 Å². The van der Waals surface area contributed by atoms with Crippen LogP contribution in [0, 0.1) is 6.92 Å². The first-order chi connectivity index (χ1) is 12.3. The van der Waals surface area contributed by atoms with Crippen molar-refractivity contribution in [1.29, 1.82) is 0 Å². The van der Waals surface area contributed by atoms with Crippen molar-refractivity contribution in [2.45, 2.75) is 13.3 Å². The Morgan fingerprint density at radius 3 is 2.72 bits per heavy atom. The summed E-state index contributed by atoms with van der Waals surface area (Å²) in [5.74, 6) is 2.71. The summed E-state index contributed by atoms with van der Waals surface area (Å²) < 4.78 is 0. The molecule has 0 N–H and O–H groups in total. The van der Waals surface area contributed by atoms with E-state index in [0.717, 1.165) is 48.2 Å². The fraction of sp³-hybridized carbons (Fsp3) is 0.200. The van der Waals surface area contributed by atoms with Gasteiger partial charge in [-0.3, -0.25) is 9.98 Å². The molecule has 0 unspecified atom stereocenters. The monoisotopic (exact) mass is 329 g/mol. The highest BCUT2D eigenvalue weighted by Crippen LogP contribution is 2.23. The van der Waals surface area contributed by atoms with Gasteiger partial charge in [0.25, 0.3) is 0 Å². The summed E-state index contributed by atoms with van der Waals surface area (Å²) in [4.78, 5) is 20.3. The van der Waals surface area contributed by atoms with Crippen LogP contribution in [0.1, 0.15) is 11.4 Å². The summed E-state index contributed by atoms with van der Waals surface area (Å²) in [5, 5.41) is 0. The summed E-state index contributed by atoms with van der Waals surface area (Å²) in [6.45, 7) is 3.58. The first kappa shape index (κ1) is 15.4. The topological polar surface area (TPSA) is 54.3 Å². The second kappa shape index (κ2) is 6.81. The molecule has 4 rings (SSSR count). The van der Waals surface area contributed by atoms with Crippen molar-refractivity contribution in [3.8, 4) is 11.3 Å². The second-order valence-corrected chi connectivity index (χ2v) is 6.01. The lowest BCUT2D eigenvalue weighted by molar-refractivity contribution is 0.963. The van der Waals surface area contributed by atoms with Crippen LogP contribution in [0.5, 0.6) is 0 Å². The van der Waals surface area contributed by atoms with Gasteiger partial charge in [0.2, 0.25) is 0 Å². The van der Waals surface area contributed by atoms with Crippen molar-refractivity contribution in [3.05, 3.63) is 72.3 Å². The van der Waals surface area contributed by atoms with Gasteiger partial charge >= 0.3 is 0 Å². The molecular weight excluding hydrogens is 310 g/mol. The highest BCUT2D eigenvalue weighted by molar-refractivity contribution is 6.00. The first-order valence-corrected chi connectivity index (χ1v) is 8.40. The molecule has 0 aliphatic carbocycles. The number of hydrogen-bond acceptors (Lipinski definition) is 5. The average Bonchev–Trinajstić information content (AvgIpc) is 3.11. The van der Waals surface area contributed by atoms with E-state index >= 15 is 0 Å². The fourth-order valence-electron chi connectivity index (χ4n) is 3.02. The van der Waals surface area contributed by atoms with E-state index in [1.54, 1.807) is 6.20 Å². The third-order valence-electron chi connectivity index (χ3n) is 4.19. The van der Waals surface area contributed by atoms with Crippen LogP contribution in [0.3, 0.4) is 0 Å². The number of aliphatic imine (C=N–C) groups is 1. The normalized spacial score (nSPS) is 13.8. The van der Waals surface area contributed by atoms with Crippen molar-refractivity contribution in [3.63, 3.8) is 0 Å². The maximum atomic E-state index is 4.69. The number of hydrogen-bond donors (Lipinski definition) is 0. The minimum Gasteiger partial charge on any atom is -0.313 e. The molecule has 124 valence electrons. The predicted octanol–water partition coefficient (Wildman–Crippen LogP) is 3.31. The van der Waals surface area contributed by atoms with Gasteiger partial charge in [0.05, 0.1) is 12.2 Å². The van der Waals surface area contributed by atoms with E-state index in [0.29, 0.717) is 0 Å². The van der Waals surface area contributed by atoms with E-state index in [1.165, 1.54) is 5.56 Å². The summed E-state index contributed by atoms with van der Waals surface area (Å²) in [6, 6.07) is 16.4. The van der Waals surface area contributed by atoms with E-state index in [1.807, 2.05) is 37.4 Å². The molecule has 0 amide bonds. The molecule has 0 bridgehead atoms. The van der Waals surface area contributed by atoms with Gasteiger partial charge in [-0.05, 0) is 24.6 Å². The number of amidine groups is 1. The summed E-state index contributed by atoms with van der Waals surface area (Å²) >= 11 is 0. The average molecular weight is 329 g/mol. The second-order valence-electron chi connectivity index (χ2n) is 6.01.